The van der Waals surface area contributed by atoms with Crippen molar-refractivity contribution in [1.82, 2.24) is 16.2 Å². The van der Waals surface area contributed by atoms with Gasteiger partial charge in [-0.15, -0.1) is 0 Å². The van der Waals surface area contributed by atoms with Crippen LogP contribution in [0.3, 0.4) is 0 Å². The number of rotatable bonds is 2. The molecule has 1 saturated carbocycles. The van der Waals surface area contributed by atoms with E-state index in [-0.39, 0.29) is 5.91 Å². The van der Waals surface area contributed by atoms with Gasteiger partial charge in [0.25, 0.3) is 0 Å². The summed E-state index contributed by atoms with van der Waals surface area (Å²) in [5, 5.41) is 6.69. The SMILES string of the molecule is Cc1c(C(=O)NNC(=S)NC2CCCC2)oc2c1ccc1ccccc12. The summed E-state index contributed by atoms with van der Waals surface area (Å²) < 4.78 is 5.92. The third kappa shape index (κ3) is 3.12. The maximum Gasteiger partial charge on any atom is 0.305 e. The Hall–Kier alpha value is -2.60. The molecule has 0 bridgehead atoms. The van der Waals surface area contributed by atoms with Gasteiger partial charge in [0.15, 0.2) is 10.9 Å². The Kier molecular flexibility index (Phi) is 4.51. The van der Waals surface area contributed by atoms with Crippen LogP contribution < -0.4 is 16.2 Å². The first-order valence-corrected chi connectivity index (χ1v) is 9.32. The Balaban J connectivity index is 1.52. The Morgan fingerprint density at radius 3 is 2.65 bits per heavy atom. The van der Waals surface area contributed by atoms with Crippen LogP contribution in [0.5, 0.6) is 0 Å². The summed E-state index contributed by atoms with van der Waals surface area (Å²) in [6.07, 6.45) is 4.68. The molecule has 0 unspecified atom stereocenters. The third-order valence-corrected chi connectivity index (χ3v) is 5.23. The third-order valence-electron chi connectivity index (χ3n) is 5.01. The first-order valence-electron chi connectivity index (χ1n) is 8.91. The van der Waals surface area contributed by atoms with Crippen LogP contribution in [0.25, 0.3) is 21.7 Å². The first-order chi connectivity index (χ1) is 12.6. The van der Waals surface area contributed by atoms with Crippen LogP contribution in [0.1, 0.15) is 41.8 Å². The summed E-state index contributed by atoms with van der Waals surface area (Å²) in [6, 6.07) is 12.4. The summed E-state index contributed by atoms with van der Waals surface area (Å²) >= 11 is 5.25. The smallest absolute Gasteiger partial charge is 0.305 e. The van der Waals surface area contributed by atoms with Crippen LogP contribution in [-0.4, -0.2) is 17.1 Å². The van der Waals surface area contributed by atoms with Crippen LogP contribution in [-0.2, 0) is 0 Å². The second-order valence-electron chi connectivity index (χ2n) is 6.75. The highest BCUT2D eigenvalue weighted by Crippen LogP contribution is 2.31. The number of carbonyl (C=O) groups is 1. The van der Waals surface area contributed by atoms with Gasteiger partial charge in [-0.1, -0.05) is 49.2 Å². The molecule has 1 aliphatic rings. The molecule has 5 nitrogen and oxygen atoms in total. The van der Waals surface area contributed by atoms with Gasteiger partial charge < -0.3 is 9.73 Å². The molecule has 0 radical (unpaired) electrons. The van der Waals surface area contributed by atoms with Crippen molar-refractivity contribution >= 4 is 45.0 Å². The van der Waals surface area contributed by atoms with E-state index in [9.17, 15) is 4.79 Å². The summed E-state index contributed by atoms with van der Waals surface area (Å²) in [5.41, 5.74) is 6.97. The number of hydrogen-bond acceptors (Lipinski definition) is 3. The number of fused-ring (bicyclic) bond motifs is 3. The van der Waals surface area contributed by atoms with E-state index in [0.717, 1.165) is 40.1 Å². The Bertz CT molecular complexity index is 989. The molecule has 3 aromatic rings. The predicted molar refractivity (Wildman–Crippen MR) is 107 cm³/mol. The maximum atomic E-state index is 12.6. The predicted octanol–water partition coefficient (Wildman–Crippen LogP) is 3.95. The van der Waals surface area contributed by atoms with E-state index < -0.39 is 0 Å². The number of furan rings is 1. The molecule has 0 aliphatic heterocycles. The molecule has 0 saturated heterocycles. The summed E-state index contributed by atoms with van der Waals surface area (Å²) in [7, 11) is 0. The van der Waals surface area contributed by atoms with Crippen molar-refractivity contribution < 1.29 is 9.21 Å². The Labute approximate surface area is 157 Å². The molecule has 1 heterocycles. The van der Waals surface area contributed by atoms with Crippen molar-refractivity contribution in [3.05, 3.63) is 47.7 Å². The Morgan fingerprint density at radius 2 is 1.85 bits per heavy atom. The fourth-order valence-corrected chi connectivity index (χ4v) is 3.85. The molecule has 6 heteroatoms. The fourth-order valence-electron chi connectivity index (χ4n) is 3.63. The molecule has 2 aromatic carbocycles. The van der Waals surface area contributed by atoms with Crippen molar-refractivity contribution in [2.24, 2.45) is 0 Å². The minimum absolute atomic E-state index is 0.299. The van der Waals surface area contributed by atoms with Crippen molar-refractivity contribution in [3.8, 4) is 0 Å². The zero-order chi connectivity index (χ0) is 18.1. The van der Waals surface area contributed by atoms with Crippen molar-refractivity contribution in [3.63, 3.8) is 0 Å². The highest BCUT2D eigenvalue weighted by atomic mass is 32.1. The molecule has 1 aliphatic carbocycles. The zero-order valence-corrected chi connectivity index (χ0v) is 15.4. The van der Waals surface area contributed by atoms with E-state index >= 15 is 0 Å². The number of benzene rings is 2. The molecule has 1 aromatic heterocycles. The lowest BCUT2D eigenvalue weighted by Crippen LogP contribution is -2.49. The van der Waals surface area contributed by atoms with Gasteiger partial charge in [0.05, 0.1) is 0 Å². The summed E-state index contributed by atoms with van der Waals surface area (Å²) in [5.74, 6) is -0.0362. The van der Waals surface area contributed by atoms with Gasteiger partial charge in [0.2, 0.25) is 0 Å². The molecule has 0 atom stereocenters. The highest BCUT2D eigenvalue weighted by molar-refractivity contribution is 7.80. The van der Waals surface area contributed by atoms with Crippen molar-refractivity contribution in [2.45, 2.75) is 38.6 Å². The molecule has 1 fully saturated rings. The number of thiocarbonyl (C=S) groups is 1. The number of amides is 1. The van der Waals surface area contributed by atoms with Gasteiger partial charge in [0.1, 0.15) is 5.58 Å². The van der Waals surface area contributed by atoms with Gasteiger partial charge in [-0.3, -0.25) is 15.6 Å². The fraction of sp³-hybridized carbons (Fsp3) is 0.300. The lowest BCUT2D eigenvalue weighted by atomic mass is 10.1. The number of hydrazine groups is 1. The largest absolute Gasteiger partial charge is 0.450 e. The van der Waals surface area contributed by atoms with Gasteiger partial charge in [0, 0.05) is 22.4 Å². The number of nitrogens with one attached hydrogen (secondary N) is 3. The van der Waals surface area contributed by atoms with Crippen LogP contribution in [0, 0.1) is 6.92 Å². The van der Waals surface area contributed by atoms with E-state index in [0.29, 0.717) is 16.9 Å². The molecule has 0 spiro atoms. The molecule has 3 N–H and O–H groups in total. The molecular weight excluding hydrogens is 346 g/mol. The lowest BCUT2D eigenvalue weighted by Gasteiger charge is -2.15. The number of carbonyl (C=O) groups excluding carboxylic acids is 1. The van der Waals surface area contributed by atoms with Crippen LogP contribution in [0.15, 0.2) is 40.8 Å². The van der Waals surface area contributed by atoms with Crippen molar-refractivity contribution in [1.29, 1.82) is 0 Å². The molecule has 134 valence electrons. The second kappa shape index (κ2) is 6.96. The van der Waals surface area contributed by atoms with E-state index in [2.05, 4.69) is 16.2 Å². The molecule has 4 rings (SSSR count). The first kappa shape index (κ1) is 16.8. The van der Waals surface area contributed by atoms with Crippen molar-refractivity contribution in [2.75, 3.05) is 0 Å². The van der Waals surface area contributed by atoms with E-state index in [1.54, 1.807) is 0 Å². The molecular formula is C20H21N3O2S. The number of hydrogen-bond donors (Lipinski definition) is 3. The Morgan fingerprint density at radius 1 is 1.08 bits per heavy atom. The van der Waals surface area contributed by atoms with E-state index in [4.69, 9.17) is 16.6 Å². The van der Waals surface area contributed by atoms with Gasteiger partial charge in [-0.25, -0.2) is 0 Å². The zero-order valence-electron chi connectivity index (χ0n) is 14.6. The minimum Gasteiger partial charge on any atom is -0.450 e. The highest BCUT2D eigenvalue weighted by Gasteiger charge is 2.20. The van der Waals surface area contributed by atoms with E-state index in [1.165, 1.54) is 12.8 Å². The van der Waals surface area contributed by atoms with Crippen LogP contribution in [0.2, 0.25) is 0 Å². The topological polar surface area (TPSA) is 66.3 Å². The second-order valence-corrected chi connectivity index (χ2v) is 7.16. The van der Waals surface area contributed by atoms with Crippen LogP contribution >= 0.6 is 12.2 Å². The summed E-state index contributed by atoms with van der Waals surface area (Å²) in [4.78, 5) is 12.6. The average Bonchev–Trinajstić information content (AvgIpc) is 3.28. The minimum atomic E-state index is -0.335. The quantitative estimate of drug-likeness (QED) is 0.473. The molecule has 1 amide bonds. The van der Waals surface area contributed by atoms with Gasteiger partial charge in [-0.05, 0) is 37.4 Å². The maximum absolute atomic E-state index is 12.6. The normalized spacial score (nSPS) is 14.7. The lowest BCUT2D eigenvalue weighted by molar-refractivity contribution is 0.0917. The number of aryl methyl sites for hydroxylation is 1. The van der Waals surface area contributed by atoms with Gasteiger partial charge >= 0.3 is 5.91 Å². The van der Waals surface area contributed by atoms with Crippen LogP contribution in [0.4, 0.5) is 0 Å². The standard InChI is InChI=1S/C20H21N3O2S/c1-12-15-11-10-13-6-2-5-9-16(13)18(15)25-17(12)19(24)22-23-20(26)21-14-7-3-4-8-14/h2,5-6,9-11,14H,3-4,7-8H2,1H3,(H,22,24)(H2,21,23,26). The summed E-state index contributed by atoms with van der Waals surface area (Å²) in [6.45, 7) is 1.89. The monoisotopic (exact) mass is 367 g/mol. The average molecular weight is 367 g/mol. The van der Waals surface area contributed by atoms with E-state index in [1.807, 2.05) is 43.3 Å². The van der Waals surface area contributed by atoms with Gasteiger partial charge in [-0.2, -0.15) is 0 Å². The molecule has 26 heavy (non-hydrogen) atoms.